The Kier molecular flexibility index (Phi) is 9.99. The molecular weight excluding hydrogens is 484 g/mol. The molecule has 0 fully saturated rings. The van der Waals surface area contributed by atoms with Crippen LogP contribution in [0.4, 0.5) is 5.69 Å². The number of carbonyl (C=O) groups excluding carboxylic acids is 3. The Bertz CT molecular complexity index is 1300. The summed E-state index contributed by atoms with van der Waals surface area (Å²) < 4.78 is 11.0. The third kappa shape index (κ3) is 8.19. The fourth-order valence-corrected chi connectivity index (χ4v) is 3.43. The van der Waals surface area contributed by atoms with Gasteiger partial charge in [0.15, 0.2) is 18.1 Å². The second-order valence-electron chi connectivity index (χ2n) is 8.84. The molecule has 0 atom stereocenters. The zero-order valence-corrected chi connectivity index (χ0v) is 21.9. The topological polar surface area (TPSA) is 118 Å². The van der Waals surface area contributed by atoms with Gasteiger partial charge in [0.1, 0.15) is 0 Å². The maximum Gasteiger partial charge on any atom is 0.329 e. The van der Waals surface area contributed by atoms with Crippen LogP contribution in [0.5, 0.6) is 11.5 Å². The van der Waals surface area contributed by atoms with Crippen LogP contribution in [0.25, 0.3) is 0 Å². The van der Waals surface area contributed by atoms with Gasteiger partial charge in [-0.2, -0.15) is 5.10 Å². The van der Waals surface area contributed by atoms with Crippen LogP contribution in [-0.2, 0) is 20.9 Å². The number of ether oxygens (including phenoxy) is 2. The van der Waals surface area contributed by atoms with Crippen molar-refractivity contribution in [3.05, 3.63) is 89.0 Å². The molecule has 0 unspecified atom stereocenters. The monoisotopic (exact) mass is 516 g/mol. The smallest absolute Gasteiger partial charge is 0.329 e. The van der Waals surface area contributed by atoms with Gasteiger partial charge in [-0.05, 0) is 59.4 Å². The van der Waals surface area contributed by atoms with Crippen molar-refractivity contribution in [2.24, 2.45) is 5.10 Å². The van der Waals surface area contributed by atoms with Gasteiger partial charge in [0.25, 0.3) is 5.91 Å². The predicted octanol–water partition coefficient (Wildman–Crippen LogP) is 3.91. The number of nitrogens with one attached hydrogen (secondary N) is 3. The van der Waals surface area contributed by atoms with E-state index < -0.39 is 11.8 Å². The first-order chi connectivity index (χ1) is 18.3. The van der Waals surface area contributed by atoms with Crippen molar-refractivity contribution in [2.75, 3.05) is 19.0 Å². The zero-order valence-electron chi connectivity index (χ0n) is 21.9. The molecule has 0 aliphatic heterocycles. The number of benzene rings is 3. The summed E-state index contributed by atoms with van der Waals surface area (Å²) in [6.07, 6.45) is 1.37. The Morgan fingerprint density at radius 1 is 0.947 bits per heavy atom. The van der Waals surface area contributed by atoms with E-state index in [1.165, 1.54) is 18.9 Å². The van der Waals surface area contributed by atoms with Gasteiger partial charge in [0, 0.05) is 12.2 Å². The third-order valence-electron chi connectivity index (χ3n) is 5.65. The van der Waals surface area contributed by atoms with Crippen LogP contribution < -0.4 is 25.5 Å². The number of nitrogens with zero attached hydrogens (tertiary/aromatic N) is 1. The standard InChI is InChI=1S/C29H32N4O5/c1-19(2)23-12-9-21(10-13-23)16-30-28(35)29(36)33-31-17-22-11-14-25(26(15-22)37-4)38-18-27(34)32-24-8-6-5-7-20(24)3/h5-15,17,19H,16,18H2,1-4H3,(H,30,35)(H,32,34)(H,33,36)/b31-17-. The molecule has 0 aromatic heterocycles. The Morgan fingerprint density at radius 2 is 1.68 bits per heavy atom. The molecule has 3 amide bonds. The Balaban J connectivity index is 1.48. The molecule has 3 N–H and O–H groups in total. The van der Waals surface area contributed by atoms with E-state index in [2.05, 4.69) is 35.0 Å². The molecule has 0 bridgehead atoms. The van der Waals surface area contributed by atoms with Gasteiger partial charge in [-0.1, -0.05) is 56.3 Å². The van der Waals surface area contributed by atoms with Crippen LogP contribution in [0.3, 0.4) is 0 Å². The number of amides is 3. The van der Waals surface area contributed by atoms with E-state index in [1.54, 1.807) is 18.2 Å². The first-order valence-corrected chi connectivity index (χ1v) is 12.1. The molecule has 0 heterocycles. The summed E-state index contributed by atoms with van der Waals surface area (Å²) in [5.41, 5.74) is 6.55. The highest BCUT2D eigenvalue weighted by atomic mass is 16.5. The van der Waals surface area contributed by atoms with Gasteiger partial charge in [-0.3, -0.25) is 14.4 Å². The van der Waals surface area contributed by atoms with Gasteiger partial charge in [-0.25, -0.2) is 5.43 Å². The van der Waals surface area contributed by atoms with Crippen LogP contribution in [0.2, 0.25) is 0 Å². The number of para-hydroxylation sites is 1. The van der Waals surface area contributed by atoms with E-state index in [-0.39, 0.29) is 19.1 Å². The van der Waals surface area contributed by atoms with E-state index in [4.69, 9.17) is 9.47 Å². The van der Waals surface area contributed by atoms with Crippen molar-refractivity contribution >= 4 is 29.6 Å². The van der Waals surface area contributed by atoms with E-state index in [0.29, 0.717) is 23.0 Å². The van der Waals surface area contributed by atoms with Gasteiger partial charge in [-0.15, -0.1) is 0 Å². The fourth-order valence-electron chi connectivity index (χ4n) is 3.43. The number of anilines is 1. The largest absolute Gasteiger partial charge is 0.493 e. The lowest BCUT2D eigenvalue weighted by atomic mass is 10.0. The summed E-state index contributed by atoms with van der Waals surface area (Å²) in [4.78, 5) is 36.4. The molecule has 0 radical (unpaired) electrons. The molecule has 0 saturated carbocycles. The minimum atomic E-state index is -0.883. The highest BCUT2D eigenvalue weighted by molar-refractivity contribution is 6.35. The molecule has 0 spiro atoms. The quantitative estimate of drug-likeness (QED) is 0.215. The van der Waals surface area contributed by atoms with E-state index in [1.807, 2.05) is 55.5 Å². The number of hydrazone groups is 1. The maximum atomic E-state index is 12.3. The zero-order chi connectivity index (χ0) is 27.5. The summed E-state index contributed by atoms with van der Waals surface area (Å²) >= 11 is 0. The summed E-state index contributed by atoms with van der Waals surface area (Å²) in [6.45, 7) is 6.14. The molecule has 198 valence electrons. The summed E-state index contributed by atoms with van der Waals surface area (Å²) in [5.74, 6) is -0.811. The Morgan fingerprint density at radius 3 is 2.37 bits per heavy atom. The normalized spacial score (nSPS) is 10.8. The second-order valence-corrected chi connectivity index (χ2v) is 8.84. The minimum Gasteiger partial charge on any atom is -0.493 e. The van der Waals surface area contributed by atoms with E-state index >= 15 is 0 Å². The van der Waals surface area contributed by atoms with Gasteiger partial charge >= 0.3 is 11.8 Å². The Labute approximate surface area is 222 Å². The highest BCUT2D eigenvalue weighted by Gasteiger charge is 2.13. The lowest BCUT2D eigenvalue weighted by Gasteiger charge is -2.12. The summed E-state index contributed by atoms with van der Waals surface area (Å²) in [6, 6.07) is 20.2. The SMILES string of the molecule is COc1cc(/C=N\NC(=O)C(=O)NCc2ccc(C(C)C)cc2)ccc1OCC(=O)Nc1ccccc1C. The molecule has 3 rings (SSSR count). The highest BCUT2D eigenvalue weighted by Crippen LogP contribution is 2.27. The van der Waals surface area contributed by atoms with Crippen molar-refractivity contribution in [1.29, 1.82) is 0 Å². The van der Waals surface area contributed by atoms with Gasteiger partial charge in [0.2, 0.25) is 0 Å². The summed E-state index contributed by atoms with van der Waals surface area (Å²) in [7, 11) is 1.47. The molecule has 3 aromatic carbocycles. The second kappa shape index (κ2) is 13.6. The van der Waals surface area contributed by atoms with Crippen LogP contribution in [0.15, 0.2) is 71.8 Å². The van der Waals surface area contributed by atoms with E-state index in [9.17, 15) is 14.4 Å². The Hall–Kier alpha value is -4.66. The maximum absolute atomic E-state index is 12.3. The fraction of sp³-hybridized carbons (Fsp3) is 0.241. The molecular formula is C29H32N4O5. The molecule has 9 nitrogen and oxygen atoms in total. The lowest BCUT2D eigenvalue weighted by molar-refractivity contribution is -0.139. The average molecular weight is 517 g/mol. The van der Waals surface area contributed by atoms with Crippen LogP contribution in [0, 0.1) is 6.92 Å². The van der Waals surface area contributed by atoms with E-state index in [0.717, 1.165) is 16.8 Å². The van der Waals surface area contributed by atoms with Crippen LogP contribution in [-0.4, -0.2) is 37.7 Å². The average Bonchev–Trinajstić information content (AvgIpc) is 2.92. The van der Waals surface area contributed by atoms with Crippen LogP contribution in [0.1, 0.15) is 42.0 Å². The minimum absolute atomic E-state index is 0.203. The predicted molar refractivity (Wildman–Crippen MR) is 146 cm³/mol. The third-order valence-corrected chi connectivity index (χ3v) is 5.65. The van der Waals surface area contributed by atoms with Crippen molar-refractivity contribution in [3.63, 3.8) is 0 Å². The molecule has 0 aliphatic carbocycles. The van der Waals surface area contributed by atoms with Crippen molar-refractivity contribution in [1.82, 2.24) is 10.7 Å². The van der Waals surface area contributed by atoms with Gasteiger partial charge in [0.05, 0.1) is 13.3 Å². The molecule has 0 saturated heterocycles. The number of hydrogen-bond acceptors (Lipinski definition) is 6. The van der Waals surface area contributed by atoms with Crippen molar-refractivity contribution in [3.8, 4) is 11.5 Å². The number of aryl methyl sites for hydroxylation is 1. The summed E-state index contributed by atoms with van der Waals surface area (Å²) in [5, 5.41) is 9.21. The lowest BCUT2D eigenvalue weighted by Crippen LogP contribution is -2.37. The molecule has 38 heavy (non-hydrogen) atoms. The molecule has 9 heteroatoms. The first kappa shape index (κ1) is 27.9. The number of methoxy groups -OCH3 is 1. The molecule has 3 aromatic rings. The first-order valence-electron chi connectivity index (χ1n) is 12.1. The number of hydrogen-bond donors (Lipinski definition) is 3. The van der Waals surface area contributed by atoms with Crippen molar-refractivity contribution in [2.45, 2.75) is 33.2 Å². The van der Waals surface area contributed by atoms with Crippen LogP contribution >= 0.6 is 0 Å². The molecule has 0 aliphatic rings. The van der Waals surface area contributed by atoms with Gasteiger partial charge < -0.3 is 20.1 Å². The number of carbonyl (C=O) groups is 3. The number of rotatable bonds is 10. The van der Waals surface area contributed by atoms with Crippen molar-refractivity contribution < 1.29 is 23.9 Å².